The van der Waals surface area contributed by atoms with E-state index < -0.39 is 42.7 Å². The summed E-state index contributed by atoms with van der Waals surface area (Å²) in [6.07, 6.45) is 1.22. The molecule has 11 nitrogen and oxygen atoms in total. The minimum Gasteiger partial charge on any atom is -0.486 e. The molecule has 0 aromatic heterocycles. The number of esters is 1. The summed E-state index contributed by atoms with van der Waals surface area (Å²) in [6, 6.07) is 3.27. The SMILES string of the molecule is CC(C)(C)OC(=O)Oc1c(CCB2O[C@@H]3C[C@@H]4C[C@@H](C4(C)C)[C@]3(C)O2)ccc(OC2CN(C(=O)C[C@@H]3C[C@H](F)CN3)C2)c1C(=O)OC(C)(C)C. The van der Waals surface area contributed by atoms with Crippen molar-refractivity contribution >= 4 is 25.2 Å². The van der Waals surface area contributed by atoms with Gasteiger partial charge in [-0.3, -0.25) is 4.79 Å². The van der Waals surface area contributed by atoms with Gasteiger partial charge in [0.25, 0.3) is 0 Å². The third-order valence-corrected chi connectivity index (χ3v) is 11.1. The van der Waals surface area contributed by atoms with Crippen LogP contribution in [0.25, 0.3) is 0 Å². The van der Waals surface area contributed by atoms with Crippen LogP contribution in [0.4, 0.5) is 9.18 Å². The molecule has 276 valence electrons. The van der Waals surface area contributed by atoms with Crippen LogP contribution in [0.3, 0.4) is 0 Å². The molecule has 3 aliphatic carbocycles. The van der Waals surface area contributed by atoms with Crippen molar-refractivity contribution < 1.29 is 47.0 Å². The first-order valence-corrected chi connectivity index (χ1v) is 18.2. The van der Waals surface area contributed by atoms with Crippen LogP contribution in [-0.2, 0) is 30.0 Å². The highest BCUT2D eigenvalue weighted by Gasteiger charge is 2.67. The number of rotatable bonds is 9. The van der Waals surface area contributed by atoms with Gasteiger partial charge in [-0.15, -0.1) is 0 Å². The molecule has 7 rings (SSSR count). The lowest BCUT2D eigenvalue weighted by molar-refractivity contribution is -0.199. The number of nitrogens with one attached hydrogen (secondary N) is 1. The number of aryl methyl sites for hydroxylation is 1. The number of carbonyl (C=O) groups is 3. The molecule has 3 saturated carbocycles. The molecular weight excluding hydrogens is 646 g/mol. The van der Waals surface area contributed by atoms with E-state index in [2.05, 4.69) is 26.1 Å². The summed E-state index contributed by atoms with van der Waals surface area (Å²) in [5.74, 6) is 0.410. The zero-order valence-electron chi connectivity index (χ0n) is 31.1. The number of alkyl halides is 1. The number of carbonyl (C=O) groups excluding carboxylic acids is 3. The molecule has 0 spiro atoms. The van der Waals surface area contributed by atoms with Gasteiger partial charge in [-0.1, -0.05) is 19.9 Å². The second-order valence-electron chi connectivity index (χ2n) is 17.6. The van der Waals surface area contributed by atoms with Crippen LogP contribution in [0.2, 0.25) is 6.32 Å². The van der Waals surface area contributed by atoms with Gasteiger partial charge in [0.15, 0.2) is 5.75 Å². The Bertz CT molecular complexity index is 1490. The van der Waals surface area contributed by atoms with Gasteiger partial charge in [0, 0.05) is 19.0 Å². The minimum absolute atomic E-state index is 0.00337. The topological polar surface area (TPSA) is 122 Å². The van der Waals surface area contributed by atoms with Gasteiger partial charge in [-0.2, -0.15) is 0 Å². The fraction of sp³-hybridized carbons (Fsp3) is 0.757. The Morgan fingerprint density at radius 2 is 1.72 bits per heavy atom. The smallest absolute Gasteiger partial charge is 0.486 e. The van der Waals surface area contributed by atoms with Gasteiger partial charge in [0.05, 0.1) is 24.8 Å². The average Bonchev–Trinajstić information content (AvgIpc) is 3.52. The summed E-state index contributed by atoms with van der Waals surface area (Å²) in [6.45, 7) is 18.1. The number of halogens is 1. The monoisotopic (exact) mass is 700 g/mol. The number of ether oxygens (including phenoxy) is 4. The normalized spacial score (nSPS) is 30.2. The molecule has 0 radical (unpaired) electrons. The number of nitrogens with zero attached hydrogens (tertiary/aromatic N) is 1. The highest BCUT2D eigenvalue weighted by Crippen LogP contribution is 2.65. The van der Waals surface area contributed by atoms with Crippen molar-refractivity contribution in [2.45, 2.75) is 142 Å². The van der Waals surface area contributed by atoms with Crippen molar-refractivity contribution in [2.24, 2.45) is 17.3 Å². The molecule has 6 atom stereocenters. The van der Waals surface area contributed by atoms with Gasteiger partial charge in [-0.05, 0) is 109 Å². The van der Waals surface area contributed by atoms with Crippen molar-refractivity contribution in [1.82, 2.24) is 10.2 Å². The fourth-order valence-corrected chi connectivity index (χ4v) is 8.41. The lowest BCUT2D eigenvalue weighted by Crippen LogP contribution is -2.65. The molecule has 13 heteroatoms. The Hall–Kier alpha value is -2.90. The van der Waals surface area contributed by atoms with Crippen molar-refractivity contribution in [3.8, 4) is 11.5 Å². The van der Waals surface area contributed by atoms with E-state index in [0.29, 0.717) is 49.7 Å². The van der Waals surface area contributed by atoms with Crippen molar-refractivity contribution in [3.05, 3.63) is 23.3 Å². The largest absolute Gasteiger partial charge is 0.514 e. The molecule has 50 heavy (non-hydrogen) atoms. The van der Waals surface area contributed by atoms with Crippen molar-refractivity contribution in [1.29, 1.82) is 0 Å². The van der Waals surface area contributed by atoms with Gasteiger partial charge in [0.1, 0.15) is 34.8 Å². The fourth-order valence-electron chi connectivity index (χ4n) is 8.41. The van der Waals surface area contributed by atoms with Crippen LogP contribution >= 0.6 is 0 Å². The Morgan fingerprint density at radius 3 is 2.34 bits per heavy atom. The molecule has 6 aliphatic rings. The van der Waals surface area contributed by atoms with E-state index in [1.807, 2.05) is 0 Å². The van der Waals surface area contributed by atoms with Gasteiger partial charge in [0.2, 0.25) is 5.91 Å². The van der Waals surface area contributed by atoms with Crippen LogP contribution in [0.5, 0.6) is 11.5 Å². The summed E-state index contributed by atoms with van der Waals surface area (Å²) in [4.78, 5) is 41.5. The summed E-state index contributed by atoms with van der Waals surface area (Å²) in [5.41, 5.74) is -1.31. The predicted molar refractivity (Wildman–Crippen MR) is 184 cm³/mol. The molecule has 2 bridgehead atoms. The average molecular weight is 701 g/mol. The highest BCUT2D eigenvalue weighted by atomic mass is 19.1. The third-order valence-electron chi connectivity index (χ3n) is 11.1. The quantitative estimate of drug-likeness (QED) is 0.189. The molecular formula is C37H54BFN2O9. The van der Waals surface area contributed by atoms with E-state index in [0.717, 1.165) is 12.8 Å². The van der Waals surface area contributed by atoms with Crippen molar-refractivity contribution in [3.63, 3.8) is 0 Å². The van der Waals surface area contributed by atoms with E-state index in [1.54, 1.807) is 58.6 Å². The zero-order chi connectivity index (χ0) is 36.4. The Labute approximate surface area is 295 Å². The highest BCUT2D eigenvalue weighted by molar-refractivity contribution is 6.45. The molecule has 0 unspecified atom stereocenters. The van der Waals surface area contributed by atoms with E-state index >= 15 is 0 Å². The predicted octanol–water partition coefficient (Wildman–Crippen LogP) is 5.91. The third kappa shape index (κ3) is 7.65. The molecule has 1 aromatic carbocycles. The lowest BCUT2D eigenvalue weighted by atomic mass is 9.43. The standard InChI is InChI=1S/C37H54BFN2O9/c1-34(2,3)47-32(43)30-26(45-25-19-41(20-25)29(42)17-24-16-23(39)18-40-24)11-10-21(31(30)46-33(44)48-35(4,5)6)12-13-38-49-28-15-22-14-27(36(22,7)8)37(28,9)50-38/h10-11,22-25,27-28,40H,12-20H2,1-9H3/t22-,23-,24-,27-,28+,37-/m0/s1. The Morgan fingerprint density at radius 1 is 1.02 bits per heavy atom. The number of benzene rings is 1. The maximum atomic E-state index is 13.9. The maximum Gasteiger partial charge on any atom is 0.514 e. The van der Waals surface area contributed by atoms with E-state index in [-0.39, 0.29) is 59.1 Å². The maximum absolute atomic E-state index is 13.9. The molecule has 3 heterocycles. The lowest BCUT2D eigenvalue weighted by Gasteiger charge is -2.64. The number of likely N-dealkylation sites (tertiary alicyclic amines) is 1. The van der Waals surface area contributed by atoms with E-state index in [4.69, 9.17) is 28.3 Å². The first-order valence-electron chi connectivity index (χ1n) is 18.2. The van der Waals surface area contributed by atoms with Gasteiger partial charge < -0.3 is 38.5 Å². The zero-order valence-corrected chi connectivity index (χ0v) is 31.1. The van der Waals surface area contributed by atoms with E-state index in [1.165, 1.54) is 0 Å². The molecule has 1 aromatic rings. The molecule has 3 aliphatic heterocycles. The summed E-state index contributed by atoms with van der Waals surface area (Å²) >= 11 is 0. The number of amides is 1. The van der Waals surface area contributed by atoms with Crippen LogP contribution in [-0.4, -0.2) is 90.9 Å². The summed E-state index contributed by atoms with van der Waals surface area (Å²) in [7, 11) is -0.454. The Balaban J connectivity index is 1.22. The Kier molecular flexibility index (Phi) is 9.78. The molecule has 6 fully saturated rings. The number of hydrogen-bond donors (Lipinski definition) is 1. The second kappa shape index (κ2) is 13.3. The number of hydrogen-bond acceptors (Lipinski definition) is 10. The molecule has 3 saturated heterocycles. The van der Waals surface area contributed by atoms with Crippen LogP contribution in [0.15, 0.2) is 12.1 Å². The van der Waals surface area contributed by atoms with Gasteiger partial charge in [-0.25, -0.2) is 14.0 Å². The van der Waals surface area contributed by atoms with Crippen molar-refractivity contribution in [2.75, 3.05) is 19.6 Å². The van der Waals surface area contributed by atoms with Crippen LogP contribution in [0.1, 0.15) is 104 Å². The summed E-state index contributed by atoms with van der Waals surface area (Å²) in [5, 5.41) is 3.05. The molecule has 1 N–H and O–H groups in total. The second-order valence-corrected chi connectivity index (χ2v) is 17.6. The van der Waals surface area contributed by atoms with Crippen LogP contribution in [0, 0.1) is 17.3 Å². The summed E-state index contributed by atoms with van der Waals surface area (Å²) < 4.78 is 50.2. The van der Waals surface area contributed by atoms with Crippen LogP contribution < -0.4 is 14.8 Å². The first kappa shape index (κ1) is 36.9. The minimum atomic E-state index is -0.967. The van der Waals surface area contributed by atoms with Gasteiger partial charge >= 0.3 is 19.2 Å². The van der Waals surface area contributed by atoms with E-state index in [9.17, 15) is 18.8 Å². The molecule has 1 amide bonds. The first-order chi connectivity index (χ1) is 23.2.